The highest BCUT2D eigenvalue weighted by Gasteiger charge is 2.28. The molecule has 1 atom stereocenters. The Morgan fingerprint density at radius 2 is 1.91 bits per heavy atom. The number of nitrogens with zero attached hydrogens (tertiary/aromatic N) is 2. The summed E-state index contributed by atoms with van der Waals surface area (Å²) in [6.45, 7) is 2.95. The maximum Gasteiger partial charge on any atom is 0.322 e. The monoisotopic (exact) mass is 317 g/mol. The van der Waals surface area contributed by atoms with Crippen molar-refractivity contribution in [3.63, 3.8) is 0 Å². The molecule has 2 aliphatic heterocycles. The van der Waals surface area contributed by atoms with Crippen LogP contribution in [0, 0.1) is 0 Å². The summed E-state index contributed by atoms with van der Waals surface area (Å²) in [5.74, 6) is 0. The summed E-state index contributed by atoms with van der Waals surface area (Å²) in [4.78, 5) is 16.6. The highest BCUT2D eigenvalue weighted by Crippen LogP contribution is 2.24. The zero-order chi connectivity index (χ0) is 16.1. The lowest BCUT2D eigenvalue weighted by Gasteiger charge is -2.25. The Morgan fingerprint density at radius 3 is 2.65 bits per heavy atom. The smallest absolute Gasteiger partial charge is 0.322 e. The number of nitrogens with one attached hydrogen (secondary N) is 1. The fourth-order valence-electron chi connectivity index (χ4n) is 3.60. The number of hydrogen-bond donors (Lipinski definition) is 2. The molecule has 0 aromatic heterocycles. The van der Waals surface area contributed by atoms with Gasteiger partial charge in [0.05, 0.1) is 12.6 Å². The molecule has 2 heterocycles. The van der Waals surface area contributed by atoms with Crippen LogP contribution in [-0.4, -0.2) is 48.3 Å². The summed E-state index contributed by atoms with van der Waals surface area (Å²) in [6.07, 6.45) is 6.95. The first-order valence-electron chi connectivity index (χ1n) is 8.81. The van der Waals surface area contributed by atoms with Gasteiger partial charge in [0.2, 0.25) is 0 Å². The Kier molecular flexibility index (Phi) is 5.39. The Labute approximate surface area is 138 Å². The summed E-state index contributed by atoms with van der Waals surface area (Å²) < 4.78 is 0. The summed E-state index contributed by atoms with van der Waals surface area (Å²) in [5.41, 5.74) is 2.02. The van der Waals surface area contributed by atoms with Crippen molar-refractivity contribution >= 4 is 17.4 Å². The second-order valence-electron chi connectivity index (χ2n) is 6.55. The zero-order valence-electron chi connectivity index (χ0n) is 13.7. The van der Waals surface area contributed by atoms with Gasteiger partial charge in [0.15, 0.2) is 0 Å². The van der Waals surface area contributed by atoms with Crippen LogP contribution in [0.3, 0.4) is 0 Å². The molecule has 1 aromatic carbocycles. The largest absolute Gasteiger partial charge is 0.394 e. The van der Waals surface area contributed by atoms with Gasteiger partial charge in [-0.1, -0.05) is 18.9 Å². The number of aliphatic hydroxyl groups is 1. The highest BCUT2D eigenvalue weighted by atomic mass is 16.3. The normalized spacial score (nSPS) is 22.0. The van der Waals surface area contributed by atoms with Crippen LogP contribution in [0.5, 0.6) is 0 Å². The van der Waals surface area contributed by atoms with Gasteiger partial charge in [-0.3, -0.25) is 0 Å². The predicted octanol–water partition coefficient (Wildman–Crippen LogP) is 3.06. The molecule has 2 saturated heterocycles. The maximum atomic E-state index is 12.4. The molecular weight excluding hydrogens is 290 g/mol. The van der Waals surface area contributed by atoms with Crippen molar-refractivity contribution < 1.29 is 9.90 Å². The second kappa shape index (κ2) is 7.68. The molecule has 1 aromatic rings. The average Bonchev–Trinajstić information content (AvgIpc) is 2.89. The molecular formula is C18H27N3O2. The van der Waals surface area contributed by atoms with E-state index in [1.54, 1.807) is 4.90 Å². The molecule has 0 spiro atoms. The van der Waals surface area contributed by atoms with E-state index in [0.717, 1.165) is 38.2 Å². The van der Waals surface area contributed by atoms with Crippen LogP contribution in [0.1, 0.15) is 38.5 Å². The minimum atomic E-state index is -0.102. The number of hydrogen-bond acceptors (Lipinski definition) is 3. The number of aliphatic hydroxyl groups excluding tert-OH is 1. The maximum absolute atomic E-state index is 12.4. The Balaban J connectivity index is 1.66. The molecule has 0 radical (unpaired) electrons. The lowest BCUT2D eigenvalue weighted by Crippen LogP contribution is -2.40. The van der Waals surface area contributed by atoms with Crippen molar-refractivity contribution in [1.29, 1.82) is 0 Å². The van der Waals surface area contributed by atoms with E-state index in [0.29, 0.717) is 0 Å². The number of likely N-dealkylation sites (tertiary alicyclic amines) is 1. The number of benzene rings is 1. The number of amides is 2. The Morgan fingerprint density at radius 1 is 1.13 bits per heavy atom. The number of carbonyl (C=O) groups is 1. The topological polar surface area (TPSA) is 55.8 Å². The first kappa shape index (κ1) is 16.1. The van der Waals surface area contributed by atoms with E-state index >= 15 is 0 Å². The van der Waals surface area contributed by atoms with Crippen LogP contribution in [0.4, 0.5) is 16.2 Å². The van der Waals surface area contributed by atoms with Gasteiger partial charge in [-0.25, -0.2) is 4.79 Å². The zero-order valence-corrected chi connectivity index (χ0v) is 13.7. The molecule has 3 rings (SSSR count). The summed E-state index contributed by atoms with van der Waals surface area (Å²) in [5, 5.41) is 12.4. The minimum absolute atomic E-state index is 0.0382. The van der Waals surface area contributed by atoms with Crippen molar-refractivity contribution in [2.24, 2.45) is 0 Å². The van der Waals surface area contributed by atoms with Crippen molar-refractivity contribution in [3.05, 3.63) is 24.3 Å². The van der Waals surface area contributed by atoms with Gasteiger partial charge in [0.25, 0.3) is 0 Å². The van der Waals surface area contributed by atoms with Crippen LogP contribution in [0.15, 0.2) is 24.3 Å². The minimum Gasteiger partial charge on any atom is -0.394 e. The van der Waals surface area contributed by atoms with E-state index in [9.17, 15) is 9.90 Å². The number of anilines is 2. The molecule has 126 valence electrons. The van der Waals surface area contributed by atoms with Crippen molar-refractivity contribution in [2.75, 3.05) is 36.5 Å². The van der Waals surface area contributed by atoms with Crippen LogP contribution < -0.4 is 10.2 Å². The molecule has 2 fully saturated rings. The van der Waals surface area contributed by atoms with Crippen LogP contribution in [0.2, 0.25) is 0 Å². The Bertz CT molecular complexity index is 527. The lowest BCUT2D eigenvalue weighted by molar-refractivity contribution is 0.166. The van der Waals surface area contributed by atoms with Crippen LogP contribution in [-0.2, 0) is 0 Å². The molecule has 0 unspecified atom stereocenters. The van der Waals surface area contributed by atoms with Gasteiger partial charge in [-0.15, -0.1) is 0 Å². The number of rotatable bonds is 3. The van der Waals surface area contributed by atoms with Crippen molar-refractivity contribution in [1.82, 2.24) is 4.90 Å². The van der Waals surface area contributed by atoms with E-state index < -0.39 is 0 Å². The van der Waals surface area contributed by atoms with Crippen LogP contribution in [0.25, 0.3) is 0 Å². The molecule has 2 aliphatic rings. The van der Waals surface area contributed by atoms with E-state index in [1.807, 2.05) is 12.1 Å². The predicted molar refractivity (Wildman–Crippen MR) is 93.0 cm³/mol. The molecule has 0 bridgehead atoms. The van der Waals surface area contributed by atoms with E-state index in [-0.39, 0.29) is 18.7 Å². The lowest BCUT2D eigenvalue weighted by atomic mass is 10.2. The highest BCUT2D eigenvalue weighted by molar-refractivity contribution is 5.90. The van der Waals surface area contributed by atoms with Gasteiger partial charge in [-0.2, -0.15) is 0 Å². The van der Waals surface area contributed by atoms with Gasteiger partial charge in [0, 0.05) is 31.0 Å². The molecule has 2 amide bonds. The Hall–Kier alpha value is -1.75. The number of urea groups is 1. The van der Waals surface area contributed by atoms with E-state index in [4.69, 9.17) is 0 Å². The molecule has 0 aliphatic carbocycles. The molecule has 0 saturated carbocycles. The average molecular weight is 317 g/mol. The van der Waals surface area contributed by atoms with Gasteiger partial charge in [-0.05, 0) is 43.9 Å². The molecule has 2 N–H and O–H groups in total. The molecule has 5 heteroatoms. The SMILES string of the molecule is O=C(Nc1cccc(N2CCCCCC2)c1)N1CCC[C@H]1CO. The van der Waals surface area contributed by atoms with Gasteiger partial charge < -0.3 is 20.2 Å². The quantitative estimate of drug-likeness (QED) is 0.901. The third-order valence-corrected chi connectivity index (χ3v) is 4.92. The fourth-order valence-corrected chi connectivity index (χ4v) is 3.60. The first-order chi connectivity index (χ1) is 11.3. The number of carbonyl (C=O) groups excluding carboxylic acids is 1. The van der Waals surface area contributed by atoms with E-state index in [2.05, 4.69) is 22.3 Å². The van der Waals surface area contributed by atoms with Crippen LogP contribution >= 0.6 is 0 Å². The standard InChI is InChI=1S/C18H27N3O2/c22-14-17-9-6-12-21(17)18(23)19-15-7-5-8-16(13-15)20-10-3-1-2-4-11-20/h5,7-8,13,17,22H,1-4,6,9-12,14H2,(H,19,23)/t17-/m0/s1. The van der Waals surface area contributed by atoms with Crippen molar-refractivity contribution in [3.8, 4) is 0 Å². The van der Waals surface area contributed by atoms with Gasteiger partial charge in [0.1, 0.15) is 0 Å². The third kappa shape index (κ3) is 3.96. The first-order valence-corrected chi connectivity index (χ1v) is 8.81. The van der Waals surface area contributed by atoms with Gasteiger partial charge >= 0.3 is 6.03 Å². The fraction of sp³-hybridized carbons (Fsp3) is 0.611. The molecule has 5 nitrogen and oxygen atoms in total. The summed E-state index contributed by atoms with van der Waals surface area (Å²) in [7, 11) is 0. The van der Waals surface area contributed by atoms with E-state index in [1.165, 1.54) is 31.4 Å². The third-order valence-electron chi connectivity index (χ3n) is 4.92. The summed E-state index contributed by atoms with van der Waals surface area (Å²) >= 11 is 0. The summed E-state index contributed by atoms with van der Waals surface area (Å²) in [6, 6.07) is 7.98. The van der Waals surface area contributed by atoms with Crippen molar-refractivity contribution in [2.45, 2.75) is 44.6 Å². The molecule has 23 heavy (non-hydrogen) atoms. The second-order valence-corrected chi connectivity index (χ2v) is 6.55.